The zero-order valence-electron chi connectivity index (χ0n) is 13.9. The molecule has 2 aromatic rings. The molecule has 0 spiro atoms. The number of rotatable bonds is 8. The Bertz CT molecular complexity index is 583. The molecule has 3 heteroatoms. The Morgan fingerprint density at radius 1 is 1.00 bits per heavy atom. The van der Waals surface area contributed by atoms with Crippen LogP contribution in [0.2, 0.25) is 0 Å². The van der Waals surface area contributed by atoms with Gasteiger partial charge in [0.15, 0.2) is 0 Å². The Kier molecular flexibility index (Phi) is 7.21. The van der Waals surface area contributed by atoms with Gasteiger partial charge in [-0.1, -0.05) is 74.5 Å². The Balaban J connectivity index is 1.85. The highest BCUT2D eigenvalue weighted by Gasteiger charge is 2.15. The first kappa shape index (κ1) is 17.6. The SMILES string of the molecule is CC(C)C[C@@H](NC(=O)CSCc1ccccc1)c1ccccc1. The van der Waals surface area contributed by atoms with E-state index >= 15 is 0 Å². The molecule has 2 rings (SSSR count). The van der Waals surface area contributed by atoms with Crippen LogP contribution < -0.4 is 5.32 Å². The normalized spacial score (nSPS) is 12.1. The van der Waals surface area contributed by atoms with Crippen LogP contribution in [0.3, 0.4) is 0 Å². The van der Waals surface area contributed by atoms with Crippen LogP contribution in [0.4, 0.5) is 0 Å². The number of hydrogen-bond donors (Lipinski definition) is 1. The van der Waals surface area contributed by atoms with Crippen molar-refractivity contribution in [2.45, 2.75) is 32.1 Å². The summed E-state index contributed by atoms with van der Waals surface area (Å²) in [4.78, 5) is 12.3. The number of benzene rings is 2. The molecule has 0 aliphatic carbocycles. The third-order valence-electron chi connectivity index (χ3n) is 3.59. The van der Waals surface area contributed by atoms with Crippen molar-refractivity contribution in [1.29, 1.82) is 0 Å². The summed E-state index contributed by atoms with van der Waals surface area (Å²) in [5.41, 5.74) is 2.44. The minimum atomic E-state index is 0.0982. The topological polar surface area (TPSA) is 29.1 Å². The third-order valence-corrected chi connectivity index (χ3v) is 4.59. The molecule has 0 bridgehead atoms. The predicted octanol–water partition coefficient (Wildman–Crippen LogP) is 4.82. The molecule has 0 saturated carbocycles. The van der Waals surface area contributed by atoms with Crippen LogP contribution in [0.1, 0.15) is 37.4 Å². The zero-order valence-corrected chi connectivity index (χ0v) is 14.7. The summed E-state index contributed by atoms with van der Waals surface area (Å²) >= 11 is 1.66. The molecule has 0 aliphatic heterocycles. The van der Waals surface area contributed by atoms with E-state index in [1.807, 2.05) is 36.4 Å². The molecular weight excluding hydrogens is 302 g/mol. The first-order valence-corrected chi connectivity index (χ1v) is 9.26. The maximum absolute atomic E-state index is 12.3. The average molecular weight is 327 g/mol. The van der Waals surface area contributed by atoms with E-state index in [0.29, 0.717) is 11.7 Å². The molecule has 0 aliphatic rings. The van der Waals surface area contributed by atoms with Gasteiger partial charge in [-0.3, -0.25) is 4.79 Å². The molecule has 0 fully saturated rings. The van der Waals surface area contributed by atoms with Gasteiger partial charge in [0.2, 0.25) is 5.91 Å². The molecule has 2 aromatic carbocycles. The number of thioether (sulfide) groups is 1. The smallest absolute Gasteiger partial charge is 0.230 e. The van der Waals surface area contributed by atoms with Crippen molar-refractivity contribution in [3.63, 3.8) is 0 Å². The van der Waals surface area contributed by atoms with Gasteiger partial charge in [0.25, 0.3) is 0 Å². The minimum absolute atomic E-state index is 0.0982. The van der Waals surface area contributed by atoms with Crippen molar-refractivity contribution >= 4 is 17.7 Å². The maximum Gasteiger partial charge on any atom is 0.230 e. The summed E-state index contributed by atoms with van der Waals surface area (Å²) < 4.78 is 0. The fourth-order valence-corrected chi connectivity index (χ4v) is 3.31. The largest absolute Gasteiger partial charge is 0.349 e. The lowest BCUT2D eigenvalue weighted by Gasteiger charge is -2.21. The van der Waals surface area contributed by atoms with E-state index in [9.17, 15) is 4.79 Å². The maximum atomic E-state index is 12.3. The van der Waals surface area contributed by atoms with Crippen LogP contribution in [0, 0.1) is 5.92 Å². The van der Waals surface area contributed by atoms with Gasteiger partial charge in [-0.2, -0.15) is 0 Å². The van der Waals surface area contributed by atoms with Crippen LogP contribution in [0.5, 0.6) is 0 Å². The molecule has 0 aromatic heterocycles. The number of carbonyl (C=O) groups excluding carboxylic acids is 1. The van der Waals surface area contributed by atoms with Gasteiger partial charge in [-0.15, -0.1) is 11.8 Å². The second kappa shape index (κ2) is 9.41. The lowest BCUT2D eigenvalue weighted by molar-refractivity contribution is -0.119. The molecule has 0 saturated heterocycles. The van der Waals surface area contributed by atoms with Crippen molar-refractivity contribution < 1.29 is 4.79 Å². The van der Waals surface area contributed by atoms with E-state index in [0.717, 1.165) is 12.2 Å². The van der Waals surface area contributed by atoms with Gasteiger partial charge in [-0.25, -0.2) is 0 Å². The second-order valence-corrected chi connectivity index (χ2v) is 7.12. The Labute approximate surface area is 143 Å². The summed E-state index contributed by atoms with van der Waals surface area (Å²) in [6.07, 6.45) is 0.957. The van der Waals surface area contributed by atoms with Crippen LogP contribution >= 0.6 is 11.8 Å². The molecule has 0 heterocycles. The van der Waals surface area contributed by atoms with Crippen LogP contribution in [0.25, 0.3) is 0 Å². The van der Waals surface area contributed by atoms with E-state index in [1.54, 1.807) is 11.8 Å². The highest BCUT2D eigenvalue weighted by atomic mass is 32.2. The lowest BCUT2D eigenvalue weighted by atomic mass is 9.97. The molecule has 2 nitrogen and oxygen atoms in total. The van der Waals surface area contributed by atoms with Crippen molar-refractivity contribution in [3.8, 4) is 0 Å². The average Bonchev–Trinajstić information content (AvgIpc) is 2.56. The van der Waals surface area contributed by atoms with Crippen LogP contribution in [0.15, 0.2) is 60.7 Å². The van der Waals surface area contributed by atoms with Gasteiger partial charge in [-0.05, 0) is 23.5 Å². The fourth-order valence-electron chi connectivity index (χ4n) is 2.51. The van der Waals surface area contributed by atoms with E-state index in [4.69, 9.17) is 0 Å². The monoisotopic (exact) mass is 327 g/mol. The lowest BCUT2D eigenvalue weighted by Crippen LogP contribution is -2.30. The molecule has 1 amide bonds. The summed E-state index contributed by atoms with van der Waals surface area (Å²) in [6, 6.07) is 20.6. The number of hydrogen-bond acceptors (Lipinski definition) is 2. The van der Waals surface area contributed by atoms with Gasteiger partial charge in [0.05, 0.1) is 11.8 Å². The molecule has 0 radical (unpaired) electrons. The van der Waals surface area contributed by atoms with Gasteiger partial charge in [0, 0.05) is 5.75 Å². The van der Waals surface area contributed by atoms with E-state index in [-0.39, 0.29) is 11.9 Å². The Morgan fingerprint density at radius 2 is 1.61 bits per heavy atom. The number of amides is 1. The summed E-state index contributed by atoms with van der Waals surface area (Å²) in [7, 11) is 0. The quantitative estimate of drug-likeness (QED) is 0.753. The molecule has 23 heavy (non-hydrogen) atoms. The Hall–Kier alpha value is -1.74. The van der Waals surface area contributed by atoms with Crippen molar-refractivity contribution in [1.82, 2.24) is 5.32 Å². The van der Waals surface area contributed by atoms with Crippen molar-refractivity contribution in [3.05, 3.63) is 71.8 Å². The molecule has 1 N–H and O–H groups in total. The van der Waals surface area contributed by atoms with Crippen LogP contribution in [-0.2, 0) is 10.5 Å². The van der Waals surface area contributed by atoms with Gasteiger partial charge in [0.1, 0.15) is 0 Å². The zero-order chi connectivity index (χ0) is 16.5. The van der Waals surface area contributed by atoms with E-state index < -0.39 is 0 Å². The third kappa shape index (κ3) is 6.49. The van der Waals surface area contributed by atoms with Gasteiger partial charge < -0.3 is 5.32 Å². The van der Waals surface area contributed by atoms with Crippen molar-refractivity contribution in [2.24, 2.45) is 5.92 Å². The first-order chi connectivity index (χ1) is 11.1. The minimum Gasteiger partial charge on any atom is -0.349 e. The van der Waals surface area contributed by atoms with Crippen LogP contribution in [-0.4, -0.2) is 11.7 Å². The summed E-state index contributed by atoms with van der Waals surface area (Å²) in [5, 5.41) is 3.19. The molecule has 122 valence electrons. The molecule has 0 unspecified atom stereocenters. The first-order valence-electron chi connectivity index (χ1n) is 8.11. The highest BCUT2D eigenvalue weighted by Crippen LogP contribution is 2.21. The summed E-state index contributed by atoms with van der Waals surface area (Å²) in [6.45, 7) is 4.37. The van der Waals surface area contributed by atoms with Crippen molar-refractivity contribution in [2.75, 3.05) is 5.75 Å². The second-order valence-electron chi connectivity index (χ2n) is 6.14. The number of nitrogens with one attached hydrogen (secondary N) is 1. The predicted molar refractivity (Wildman–Crippen MR) is 99.4 cm³/mol. The Morgan fingerprint density at radius 3 is 2.22 bits per heavy atom. The van der Waals surface area contributed by atoms with E-state index in [2.05, 4.69) is 43.4 Å². The highest BCUT2D eigenvalue weighted by molar-refractivity contribution is 7.99. The molecular formula is C20H25NOS. The fraction of sp³-hybridized carbons (Fsp3) is 0.350. The standard InChI is InChI=1S/C20H25NOS/c1-16(2)13-19(18-11-7-4-8-12-18)21-20(22)15-23-14-17-9-5-3-6-10-17/h3-12,16,19H,13-15H2,1-2H3,(H,21,22)/t19-/m1/s1. The summed E-state index contributed by atoms with van der Waals surface area (Å²) in [5.74, 6) is 2.02. The number of carbonyl (C=O) groups is 1. The van der Waals surface area contributed by atoms with E-state index in [1.165, 1.54) is 11.1 Å². The van der Waals surface area contributed by atoms with Gasteiger partial charge >= 0.3 is 0 Å². The molecule has 1 atom stereocenters.